The highest BCUT2D eigenvalue weighted by Gasteiger charge is 2.48. The second kappa shape index (κ2) is 11.9. The van der Waals surface area contributed by atoms with Gasteiger partial charge in [0.05, 0.1) is 11.0 Å². The third-order valence-electron chi connectivity index (χ3n) is 10.8. The molecule has 3 heteroatoms. The van der Waals surface area contributed by atoms with Crippen molar-refractivity contribution in [3.8, 4) is 39.1 Å². The van der Waals surface area contributed by atoms with Gasteiger partial charge in [-0.1, -0.05) is 168 Å². The van der Waals surface area contributed by atoms with Crippen molar-refractivity contribution in [2.45, 2.75) is 0 Å². The first-order valence-electron chi connectivity index (χ1n) is 17.5. The molecule has 0 unspecified atom stereocenters. The molecule has 0 spiro atoms. The topological polar surface area (TPSA) is 4.93 Å². The van der Waals surface area contributed by atoms with Gasteiger partial charge in [-0.2, -0.15) is 0 Å². The number of nitrogens with zero attached hydrogens (tertiary/aromatic N) is 1. The molecule has 8 aromatic carbocycles. The highest BCUT2D eigenvalue weighted by molar-refractivity contribution is 9.10. The number of hydrogen-bond acceptors (Lipinski definition) is 0. The van der Waals surface area contributed by atoms with Gasteiger partial charge < -0.3 is 4.57 Å². The van der Waals surface area contributed by atoms with Crippen LogP contribution in [0.5, 0.6) is 0 Å². The molecule has 0 saturated carbocycles. The smallest absolute Gasteiger partial charge is 0.180 e. The molecule has 0 amide bonds. The lowest BCUT2D eigenvalue weighted by atomic mass is 10.0. The van der Waals surface area contributed by atoms with Gasteiger partial charge in [0.1, 0.15) is 0 Å². The standard InChI is InChI=1S/C48H32BrNSi/c49-37-22-26-39(27-23-37)51(47-17-9-7-15-41(47)42-16-8-10-18-48(42)51)40-28-30-46-44(32-40)43-31-36(34-13-5-2-6-14-34)21-29-45(43)50(46)38-24-19-35(20-25-38)33-11-3-1-4-12-33/h1-32H. The number of halogens is 1. The van der Waals surface area contributed by atoms with Gasteiger partial charge in [0, 0.05) is 20.9 Å². The summed E-state index contributed by atoms with van der Waals surface area (Å²) in [6.45, 7) is 0. The fourth-order valence-electron chi connectivity index (χ4n) is 8.50. The van der Waals surface area contributed by atoms with E-state index in [0.29, 0.717) is 0 Å². The van der Waals surface area contributed by atoms with E-state index in [1.807, 2.05) is 0 Å². The van der Waals surface area contributed by atoms with E-state index in [1.165, 1.54) is 75.9 Å². The molecular weight excluding hydrogens is 699 g/mol. The fraction of sp³-hybridized carbons (Fsp3) is 0. The molecule has 1 nitrogen and oxygen atoms in total. The van der Waals surface area contributed by atoms with Crippen LogP contribution in [0.15, 0.2) is 199 Å². The number of aromatic nitrogens is 1. The molecule has 240 valence electrons. The van der Waals surface area contributed by atoms with Gasteiger partial charge in [0.2, 0.25) is 0 Å². The zero-order valence-corrected chi connectivity index (χ0v) is 30.4. The highest BCUT2D eigenvalue weighted by atomic mass is 79.9. The molecule has 10 rings (SSSR count). The fourth-order valence-corrected chi connectivity index (χ4v) is 13.9. The van der Waals surface area contributed by atoms with Crippen LogP contribution in [0, 0.1) is 0 Å². The molecule has 0 saturated heterocycles. The van der Waals surface area contributed by atoms with E-state index in [0.717, 1.165) is 10.2 Å². The lowest BCUT2D eigenvalue weighted by Gasteiger charge is -2.31. The summed E-state index contributed by atoms with van der Waals surface area (Å²) in [7, 11) is -2.68. The Morgan fingerprint density at radius 3 is 1.47 bits per heavy atom. The van der Waals surface area contributed by atoms with E-state index in [2.05, 4.69) is 215 Å². The molecule has 51 heavy (non-hydrogen) atoms. The Morgan fingerprint density at radius 1 is 0.373 bits per heavy atom. The number of benzene rings is 8. The first kappa shape index (κ1) is 30.1. The quantitative estimate of drug-likeness (QED) is 0.156. The van der Waals surface area contributed by atoms with E-state index in [-0.39, 0.29) is 0 Å². The van der Waals surface area contributed by atoms with E-state index in [4.69, 9.17) is 0 Å². The van der Waals surface area contributed by atoms with Gasteiger partial charge in [0.25, 0.3) is 0 Å². The monoisotopic (exact) mass is 729 g/mol. The SMILES string of the molecule is Brc1ccc([Si]2(c3ccc4c(c3)c3cc(-c5ccccc5)ccc3n4-c3ccc(-c4ccccc4)cc3)c3ccccc3-c3ccccc32)cc1. The van der Waals surface area contributed by atoms with E-state index in [1.54, 1.807) is 0 Å². The minimum Gasteiger partial charge on any atom is -0.309 e. The minimum atomic E-state index is -2.68. The third kappa shape index (κ3) is 4.66. The van der Waals surface area contributed by atoms with Crippen LogP contribution in [-0.4, -0.2) is 12.6 Å². The average molecular weight is 731 g/mol. The number of rotatable bonds is 5. The van der Waals surface area contributed by atoms with Crippen molar-refractivity contribution in [2.24, 2.45) is 0 Å². The Kier molecular flexibility index (Phi) is 7.05. The van der Waals surface area contributed by atoms with E-state index >= 15 is 0 Å². The second-order valence-electron chi connectivity index (χ2n) is 13.4. The molecule has 0 aliphatic carbocycles. The van der Waals surface area contributed by atoms with Gasteiger partial charge in [-0.25, -0.2) is 0 Å². The van der Waals surface area contributed by atoms with Crippen molar-refractivity contribution >= 4 is 66.6 Å². The lowest BCUT2D eigenvalue weighted by molar-refractivity contribution is 1.18. The van der Waals surface area contributed by atoms with Crippen LogP contribution in [0.4, 0.5) is 0 Å². The molecule has 9 aromatic rings. The second-order valence-corrected chi connectivity index (χ2v) is 18.1. The van der Waals surface area contributed by atoms with Gasteiger partial charge in [-0.15, -0.1) is 0 Å². The van der Waals surface area contributed by atoms with Crippen LogP contribution in [0.3, 0.4) is 0 Å². The van der Waals surface area contributed by atoms with Gasteiger partial charge in [-0.05, 0) is 96.6 Å². The summed E-state index contributed by atoms with van der Waals surface area (Å²) < 4.78 is 3.54. The van der Waals surface area contributed by atoms with Crippen molar-refractivity contribution in [3.63, 3.8) is 0 Å². The minimum absolute atomic E-state index is 1.10. The van der Waals surface area contributed by atoms with Gasteiger partial charge >= 0.3 is 0 Å². The molecule has 0 atom stereocenters. The summed E-state index contributed by atoms with van der Waals surface area (Å²) in [5.74, 6) is 0. The van der Waals surface area contributed by atoms with Crippen LogP contribution in [0.2, 0.25) is 0 Å². The molecule has 0 N–H and O–H groups in total. The molecule has 1 aliphatic rings. The Balaban J connectivity index is 1.26. The molecule has 1 aliphatic heterocycles. The Bertz CT molecular complexity index is 2680. The maximum absolute atomic E-state index is 3.73. The summed E-state index contributed by atoms with van der Waals surface area (Å²) in [5, 5.41) is 8.25. The van der Waals surface area contributed by atoms with Crippen LogP contribution in [0.1, 0.15) is 0 Å². The highest BCUT2D eigenvalue weighted by Crippen LogP contribution is 2.36. The summed E-state index contributed by atoms with van der Waals surface area (Å²) in [6, 6.07) is 72.1. The molecule has 0 radical (unpaired) electrons. The van der Waals surface area contributed by atoms with Crippen molar-refractivity contribution in [1.82, 2.24) is 4.57 Å². The van der Waals surface area contributed by atoms with E-state index < -0.39 is 8.07 Å². The molecule has 1 aromatic heterocycles. The summed E-state index contributed by atoms with van der Waals surface area (Å²) in [6.07, 6.45) is 0. The summed E-state index contributed by atoms with van der Waals surface area (Å²) >= 11 is 3.73. The first-order chi connectivity index (χ1) is 25.2. The third-order valence-corrected chi connectivity index (χ3v) is 16.2. The predicted octanol–water partition coefficient (Wildman–Crippen LogP) is 10.2. The van der Waals surface area contributed by atoms with Gasteiger partial charge in [0.15, 0.2) is 8.07 Å². The van der Waals surface area contributed by atoms with Crippen LogP contribution >= 0.6 is 15.9 Å². The van der Waals surface area contributed by atoms with Crippen molar-refractivity contribution in [1.29, 1.82) is 0 Å². The molecular formula is C48H32BrNSi. The van der Waals surface area contributed by atoms with Crippen LogP contribution < -0.4 is 20.7 Å². The number of hydrogen-bond donors (Lipinski definition) is 0. The van der Waals surface area contributed by atoms with Gasteiger partial charge in [-0.3, -0.25) is 0 Å². The zero-order valence-electron chi connectivity index (χ0n) is 27.8. The predicted molar refractivity (Wildman–Crippen MR) is 222 cm³/mol. The summed E-state index contributed by atoms with van der Waals surface area (Å²) in [4.78, 5) is 0. The molecule has 0 fully saturated rings. The maximum atomic E-state index is 3.73. The van der Waals surface area contributed by atoms with Crippen LogP contribution in [-0.2, 0) is 0 Å². The Hall–Kier alpha value is -5.74. The van der Waals surface area contributed by atoms with E-state index in [9.17, 15) is 0 Å². The zero-order chi connectivity index (χ0) is 33.9. The first-order valence-corrected chi connectivity index (χ1v) is 20.2. The number of fused-ring (bicyclic) bond motifs is 6. The van der Waals surface area contributed by atoms with Crippen LogP contribution in [0.25, 0.3) is 60.9 Å². The molecule has 0 bridgehead atoms. The lowest BCUT2D eigenvalue weighted by Crippen LogP contribution is -2.72. The van der Waals surface area contributed by atoms with Crippen molar-refractivity contribution in [2.75, 3.05) is 0 Å². The molecule has 2 heterocycles. The summed E-state index contributed by atoms with van der Waals surface area (Å²) in [5.41, 5.74) is 11.2. The Morgan fingerprint density at radius 2 is 0.843 bits per heavy atom. The average Bonchev–Trinajstić information content (AvgIpc) is 3.69. The normalized spacial score (nSPS) is 13.0. The van der Waals surface area contributed by atoms with Crippen molar-refractivity contribution in [3.05, 3.63) is 199 Å². The van der Waals surface area contributed by atoms with Crippen molar-refractivity contribution < 1.29 is 0 Å². The maximum Gasteiger partial charge on any atom is 0.180 e. The largest absolute Gasteiger partial charge is 0.309 e. The Labute approximate surface area is 307 Å².